The highest BCUT2D eigenvalue weighted by Crippen LogP contribution is 2.19. The number of nitrogens with zero attached hydrogens (tertiary/aromatic N) is 4. The van der Waals surface area contributed by atoms with Crippen LogP contribution >= 0.6 is 22.9 Å². The molecule has 0 amide bonds. The summed E-state index contributed by atoms with van der Waals surface area (Å²) in [6.45, 7) is 2.75. The quantitative estimate of drug-likeness (QED) is 0.694. The highest BCUT2D eigenvalue weighted by atomic mass is 35.5. The predicted octanol–water partition coefficient (Wildman–Crippen LogP) is 3.03. The fourth-order valence-electron chi connectivity index (χ4n) is 2.09. The van der Waals surface area contributed by atoms with E-state index >= 15 is 0 Å². The van der Waals surface area contributed by atoms with Gasteiger partial charge in [-0.3, -0.25) is 4.98 Å². The number of aromatic nitrogens is 4. The minimum Gasteiger partial charge on any atom is -0.321 e. The van der Waals surface area contributed by atoms with E-state index in [1.165, 1.54) is 0 Å². The standard InChI is InChI=1S/C13H13ClN4S/c1-9-8-19-13(16-9)7-18-11-3-5-15-6-10(11)17-12(18)2-4-14/h3,5-6,8H,2,4,7H2,1H3. The number of pyridine rings is 1. The maximum absolute atomic E-state index is 5.86. The number of fused-ring (bicyclic) bond motifs is 1. The maximum atomic E-state index is 5.86. The molecule has 0 aliphatic rings. The third-order valence-corrected chi connectivity index (χ3v) is 4.05. The van der Waals surface area contributed by atoms with Crippen LogP contribution in [0.3, 0.4) is 0 Å². The van der Waals surface area contributed by atoms with Crippen LogP contribution in [0.1, 0.15) is 16.5 Å². The Morgan fingerprint density at radius 3 is 3.00 bits per heavy atom. The third-order valence-electron chi connectivity index (χ3n) is 2.91. The number of hydrogen-bond acceptors (Lipinski definition) is 4. The van der Waals surface area contributed by atoms with Gasteiger partial charge >= 0.3 is 0 Å². The van der Waals surface area contributed by atoms with Gasteiger partial charge in [0.1, 0.15) is 16.3 Å². The lowest BCUT2D eigenvalue weighted by Gasteiger charge is -2.06. The second-order valence-electron chi connectivity index (χ2n) is 4.30. The van der Waals surface area contributed by atoms with E-state index in [2.05, 4.69) is 24.9 Å². The molecule has 0 aromatic carbocycles. The van der Waals surface area contributed by atoms with E-state index < -0.39 is 0 Å². The summed E-state index contributed by atoms with van der Waals surface area (Å²) in [5, 5.41) is 3.15. The van der Waals surface area contributed by atoms with Crippen LogP contribution in [0.4, 0.5) is 0 Å². The summed E-state index contributed by atoms with van der Waals surface area (Å²) in [4.78, 5) is 13.2. The number of imidazole rings is 1. The Morgan fingerprint density at radius 1 is 1.37 bits per heavy atom. The van der Waals surface area contributed by atoms with Crippen molar-refractivity contribution in [1.82, 2.24) is 19.5 Å². The van der Waals surface area contributed by atoms with Crippen molar-refractivity contribution in [2.24, 2.45) is 0 Å². The van der Waals surface area contributed by atoms with Gasteiger partial charge in [-0.15, -0.1) is 22.9 Å². The monoisotopic (exact) mass is 292 g/mol. The SMILES string of the molecule is Cc1csc(Cn2c(CCCl)nc3cnccc32)n1. The molecule has 0 bridgehead atoms. The van der Waals surface area contributed by atoms with Gasteiger partial charge in [0.25, 0.3) is 0 Å². The van der Waals surface area contributed by atoms with Gasteiger partial charge < -0.3 is 4.57 Å². The normalized spacial score (nSPS) is 11.3. The second-order valence-corrected chi connectivity index (χ2v) is 5.62. The molecule has 19 heavy (non-hydrogen) atoms. The van der Waals surface area contributed by atoms with Gasteiger partial charge in [0.05, 0.1) is 18.3 Å². The molecule has 0 N–H and O–H groups in total. The summed E-state index contributed by atoms with van der Waals surface area (Å²) in [5.74, 6) is 1.55. The topological polar surface area (TPSA) is 43.6 Å². The van der Waals surface area contributed by atoms with Crippen molar-refractivity contribution in [3.05, 3.63) is 40.4 Å². The predicted molar refractivity (Wildman–Crippen MR) is 77.9 cm³/mol. The van der Waals surface area contributed by atoms with Crippen molar-refractivity contribution < 1.29 is 0 Å². The molecule has 0 aliphatic heterocycles. The molecule has 0 radical (unpaired) electrons. The van der Waals surface area contributed by atoms with Gasteiger partial charge in [0.15, 0.2) is 0 Å². The first kappa shape index (κ1) is 12.6. The van der Waals surface area contributed by atoms with Crippen LogP contribution in [-0.2, 0) is 13.0 Å². The first-order chi connectivity index (χ1) is 9.28. The van der Waals surface area contributed by atoms with Crippen LogP contribution in [0, 0.1) is 6.92 Å². The fraction of sp³-hybridized carbons (Fsp3) is 0.308. The molecule has 0 spiro atoms. The largest absolute Gasteiger partial charge is 0.321 e. The zero-order valence-corrected chi connectivity index (χ0v) is 12.1. The van der Waals surface area contributed by atoms with Crippen LogP contribution < -0.4 is 0 Å². The first-order valence-corrected chi connectivity index (χ1v) is 7.45. The molecule has 4 nitrogen and oxygen atoms in total. The molecule has 0 saturated carbocycles. The highest BCUT2D eigenvalue weighted by molar-refractivity contribution is 7.09. The molecular weight excluding hydrogens is 280 g/mol. The molecule has 3 aromatic rings. The van der Waals surface area contributed by atoms with E-state index in [-0.39, 0.29) is 0 Å². The third kappa shape index (κ3) is 2.48. The summed E-state index contributed by atoms with van der Waals surface area (Å²) in [6.07, 6.45) is 4.33. The van der Waals surface area contributed by atoms with Crippen LogP contribution in [0.25, 0.3) is 11.0 Å². The molecule has 3 aromatic heterocycles. The van der Waals surface area contributed by atoms with E-state index in [0.717, 1.165) is 40.5 Å². The molecule has 0 fully saturated rings. The van der Waals surface area contributed by atoms with E-state index in [4.69, 9.17) is 11.6 Å². The Hall–Kier alpha value is -1.46. The number of alkyl halides is 1. The molecule has 3 rings (SSSR count). The van der Waals surface area contributed by atoms with Crippen molar-refractivity contribution in [2.75, 3.05) is 5.88 Å². The lowest BCUT2D eigenvalue weighted by molar-refractivity contribution is 0.748. The highest BCUT2D eigenvalue weighted by Gasteiger charge is 2.11. The molecule has 6 heteroatoms. The van der Waals surface area contributed by atoms with Gasteiger partial charge in [0.2, 0.25) is 0 Å². The Morgan fingerprint density at radius 2 is 2.26 bits per heavy atom. The Labute approximate surface area is 120 Å². The van der Waals surface area contributed by atoms with Gasteiger partial charge in [0, 0.05) is 29.6 Å². The zero-order valence-electron chi connectivity index (χ0n) is 10.5. The smallest absolute Gasteiger partial charge is 0.113 e. The molecule has 98 valence electrons. The summed E-state index contributed by atoms with van der Waals surface area (Å²) < 4.78 is 2.18. The molecular formula is C13H13ClN4S. The van der Waals surface area contributed by atoms with Crippen molar-refractivity contribution in [3.63, 3.8) is 0 Å². The Kier molecular flexibility index (Phi) is 3.48. The summed E-state index contributed by atoms with van der Waals surface area (Å²) >= 11 is 7.54. The number of rotatable bonds is 4. The molecule has 0 aliphatic carbocycles. The van der Waals surface area contributed by atoms with E-state index in [1.807, 2.05) is 13.0 Å². The fourth-order valence-corrected chi connectivity index (χ4v) is 3.02. The number of aryl methyl sites for hydroxylation is 2. The van der Waals surface area contributed by atoms with Crippen molar-refractivity contribution in [3.8, 4) is 0 Å². The van der Waals surface area contributed by atoms with Gasteiger partial charge in [-0.05, 0) is 13.0 Å². The molecule has 3 heterocycles. The van der Waals surface area contributed by atoms with Crippen molar-refractivity contribution >= 4 is 34.0 Å². The van der Waals surface area contributed by atoms with Crippen LogP contribution in [-0.4, -0.2) is 25.4 Å². The first-order valence-electron chi connectivity index (χ1n) is 6.04. The lowest BCUT2D eigenvalue weighted by Crippen LogP contribution is -2.05. The van der Waals surface area contributed by atoms with Crippen LogP contribution in [0.5, 0.6) is 0 Å². The van der Waals surface area contributed by atoms with Crippen molar-refractivity contribution in [2.45, 2.75) is 19.9 Å². The minimum atomic E-state index is 0.563. The van der Waals surface area contributed by atoms with E-state index in [9.17, 15) is 0 Å². The average Bonchev–Trinajstić information content (AvgIpc) is 2.96. The van der Waals surface area contributed by atoms with Crippen molar-refractivity contribution in [1.29, 1.82) is 0 Å². The average molecular weight is 293 g/mol. The Bertz CT molecular complexity index is 704. The van der Waals surface area contributed by atoms with E-state index in [0.29, 0.717) is 5.88 Å². The van der Waals surface area contributed by atoms with Crippen LogP contribution in [0.15, 0.2) is 23.8 Å². The molecule has 0 unspecified atom stereocenters. The number of hydrogen-bond donors (Lipinski definition) is 0. The van der Waals surface area contributed by atoms with Gasteiger partial charge in [-0.25, -0.2) is 9.97 Å². The molecule has 0 atom stereocenters. The summed E-state index contributed by atoms with van der Waals surface area (Å²) in [5.41, 5.74) is 3.06. The van der Waals surface area contributed by atoms with Gasteiger partial charge in [-0.1, -0.05) is 0 Å². The van der Waals surface area contributed by atoms with Gasteiger partial charge in [-0.2, -0.15) is 0 Å². The number of thiazole rings is 1. The molecule has 0 saturated heterocycles. The summed E-state index contributed by atoms with van der Waals surface area (Å²) in [6, 6.07) is 1.99. The summed E-state index contributed by atoms with van der Waals surface area (Å²) in [7, 11) is 0. The Balaban J connectivity index is 2.06. The van der Waals surface area contributed by atoms with E-state index in [1.54, 1.807) is 23.7 Å². The second kappa shape index (κ2) is 5.27. The zero-order chi connectivity index (χ0) is 13.2. The van der Waals surface area contributed by atoms with Crippen LogP contribution in [0.2, 0.25) is 0 Å². The minimum absolute atomic E-state index is 0.563. The lowest BCUT2D eigenvalue weighted by atomic mass is 10.4. The number of halogens is 1. The maximum Gasteiger partial charge on any atom is 0.113 e.